The van der Waals surface area contributed by atoms with Crippen molar-refractivity contribution >= 4 is 5.84 Å². The molecule has 0 saturated carbocycles. The molecule has 0 amide bonds. The van der Waals surface area contributed by atoms with Gasteiger partial charge in [-0.1, -0.05) is 40.9 Å². The van der Waals surface area contributed by atoms with Crippen molar-refractivity contribution in [1.29, 1.82) is 0 Å². The molecule has 0 aromatic heterocycles. The molecule has 2 heteroatoms. The highest BCUT2D eigenvalue weighted by molar-refractivity contribution is 5.92. The van der Waals surface area contributed by atoms with E-state index in [-0.39, 0.29) is 0 Å². The molecule has 0 aliphatic rings. The van der Waals surface area contributed by atoms with Gasteiger partial charge in [0, 0.05) is 7.05 Å². The summed E-state index contributed by atoms with van der Waals surface area (Å²) >= 11 is 0. The number of hydrogen-bond acceptors (Lipinski definition) is 1. The molecular weight excluding hydrogens is 148 g/mol. The van der Waals surface area contributed by atoms with E-state index < -0.39 is 0 Å². The minimum Gasteiger partial charge on any atom is -0.348 e. The molecule has 0 unspecified atom stereocenters. The molecule has 12 heavy (non-hydrogen) atoms. The number of aliphatic imine (C=N–C) groups is 1. The first kappa shape index (κ1) is 17.2. The maximum atomic E-state index is 3.81. The van der Waals surface area contributed by atoms with Crippen LogP contribution in [0.4, 0.5) is 0 Å². The molecule has 0 fully saturated rings. The van der Waals surface area contributed by atoms with Crippen molar-refractivity contribution < 1.29 is 0 Å². The van der Waals surface area contributed by atoms with Gasteiger partial charge < -0.3 is 5.32 Å². The molecule has 0 rings (SSSR count). The highest BCUT2D eigenvalue weighted by Gasteiger charge is 1.79. The molecular formula is C10H22N2. The lowest BCUT2D eigenvalue weighted by molar-refractivity contribution is 1.25. The maximum absolute atomic E-state index is 3.81. The summed E-state index contributed by atoms with van der Waals surface area (Å²) in [6, 6.07) is 0. The minimum absolute atomic E-state index is 0.736. The van der Waals surface area contributed by atoms with Crippen molar-refractivity contribution in [3.05, 3.63) is 25.4 Å². The van der Waals surface area contributed by atoms with Crippen LogP contribution in [0.2, 0.25) is 0 Å². The summed E-state index contributed by atoms with van der Waals surface area (Å²) in [5.74, 6) is 0.736. The molecule has 0 aliphatic heterocycles. The van der Waals surface area contributed by atoms with Crippen molar-refractivity contribution in [2.24, 2.45) is 4.99 Å². The van der Waals surface area contributed by atoms with Crippen LogP contribution in [0.15, 0.2) is 30.4 Å². The fourth-order valence-electron chi connectivity index (χ4n) is 0.319. The number of amidine groups is 1. The summed E-state index contributed by atoms with van der Waals surface area (Å²) in [5, 5.41) is 2.78. The Kier molecular flexibility index (Phi) is 32.2. The van der Waals surface area contributed by atoms with Crippen molar-refractivity contribution in [2.75, 3.05) is 7.05 Å². The Hall–Kier alpha value is -1.05. The van der Waals surface area contributed by atoms with E-state index >= 15 is 0 Å². The molecule has 72 valence electrons. The molecule has 0 bridgehead atoms. The zero-order valence-electron chi connectivity index (χ0n) is 9.02. The first-order valence-corrected chi connectivity index (χ1v) is 4.31. The summed E-state index contributed by atoms with van der Waals surface area (Å²) < 4.78 is 0. The third-order valence-electron chi connectivity index (χ3n) is 0.684. The van der Waals surface area contributed by atoms with E-state index in [1.54, 1.807) is 19.3 Å². The van der Waals surface area contributed by atoms with Crippen LogP contribution in [0.5, 0.6) is 0 Å². The van der Waals surface area contributed by atoms with E-state index in [0.717, 1.165) is 5.84 Å². The summed E-state index contributed by atoms with van der Waals surface area (Å²) in [6.45, 7) is 15.0. The number of nitrogens with zero attached hydrogens (tertiary/aromatic N) is 1. The van der Waals surface area contributed by atoms with Gasteiger partial charge in [-0.25, -0.2) is 0 Å². The van der Waals surface area contributed by atoms with Crippen molar-refractivity contribution in [3.8, 4) is 0 Å². The van der Waals surface area contributed by atoms with E-state index in [0.29, 0.717) is 0 Å². The molecule has 0 aromatic carbocycles. The van der Waals surface area contributed by atoms with E-state index in [4.69, 9.17) is 0 Å². The van der Waals surface area contributed by atoms with Crippen molar-refractivity contribution in [1.82, 2.24) is 5.32 Å². The molecule has 0 saturated heterocycles. The van der Waals surface area contributed by atoms with Crippen molar-refractivity contribution in [2.45, 2.75) is 27.7 Å². The van der Waals surface area contributed by atoms with E-state index in [1.807, 2.05) is 27.7 Å². The first-order chi connectivity index (χ1) is 5.85. The smallest absolute Gasteiger partial charge is 0.123 e. The fourth-order valence-corrected chi connectivity index (χ4v) is 0.319. The van der Waals surface area contributed by atoms with E-state index in [1.165, 1.54) is 0 Å². The van der Waals surface area contributed by atoms with Crippen LogP contribution < -0.4 is 5.32 Å². The largest absolute Gasteiger partial charge is 0.348 e. The van der Waals surface area contributed by atoms with Gasteiger partial charge in [0.05, 0.1) is 0 Å². The Morgan fingerprint density at radius 3 is 1.67 bits per heavy atom. The lowest BCUT2D eigenvalue weighted by Crippen LogP contribution is -2.12. The molecule has 1 N–H and O–H groups in total. The molecule has 0 aromatic rings. The van der Waals surface area contributed by atoms with Gasteiger partial charge in [0.2, 0.25) is 0 Å². The first-order valence-electron chi connectivity index (χ1n) is 4.31. The highest BCUT2D eigenvalue weighted by Crippen LogP contribution is 1.70. The van der Waals surface area contributed by atoms with Crippen LogP contribution in [0, 0.1) is 0 Å². The third-order valence-corrected chi connectivity index (χ3v) is 0.684. The van der Waals surface area contributed by atoms with E-state index in [9.17, 15) is 0 Å². The molecule has 0 spiro atoms. The normalized spacial score (nSPS) is 7.92. The lowest BCUT2D eigenvalue weighted by Gasteiger charge is -1.93. The van der Waals surface area contributed by atoms with Gasteiger partial charge in [-0.05, 0) is 12.3 Å². The second kappa shape index (κ2) is 22.5. The van der Waals surface area contributed by atoms with Crippen LogP contribution >= 0.6 is 0 Å². The molecule has 0 atom stereocenters. The quantitative estimate of drug-likeness (QED) is 0.500. The standard InChI is InChI=1S/C6H10N2.2C2H6/c1-4-6(7-3)8-5-2;2*1-2/h4-5H,1-2H2,3H3,(H,7,8);2*1-2H3. The second-order valence-corrected chi connectivity index (χ2v) is 1.16. The summed E-state index contributed by atoms with van der Waals surface area (Å²) in [5.41, 5.74) is 0. The maximum Gasteiger partial charge on any atom is 0.123 e. The average molecular weight is 170 g/mol. The average Bonchev–Trinajstić information content (AvgIpc) is 2.20. The van der Waals surface area contributed by atoms with Gasteiger partial charge in [0.15, 0.2) is 0 Å². The zero-order valence-corrected chi connectivity index (χ0v) is 9.02. The lowest BCUT2D eigenvalue weighted by atomic mass is 10.5. The van der Waals surface area contributed by atoms with Gasteiger partial charge in [-0.15, -0.1) is 0 Å². The fraction of sp³-hybridized carbons (Fsp3) is 0.500. The van der Waals surface area contributed by atoms with Crippen LogP contribution in [0.25, 0.3) is 0 Å². The second-order valence-electron chi connectivity index (χ2n) is 1.16. The van der Waals surface area contributed by atoms with Gasteiger partial charge in [0.1, 0.15) is 5.84 Å². The minimum atomic E-state index is 0.736. The van der Waals surface area contributed by atoms with Gasteiger partial charge in [-0.2, -0.15) is 0 Å². The molecule has 2 nitrogen and oxygen atoms in total. The molecule has 0 aliphatic carbocycles. The Morgan fingerprint density at radius 2 is 1.58 bits per heavy atom. The highest BCUT2D eigenvalue weighted by atomic mass is 14.9. The SMILES string of the molecule is C=CNC(C=C)=NC.CC.CC. The third kappa shape index (κ3) is 16.0. The zero-order chi connectivity index (χ0) is 10.4. The predicted octanol–water partition coefficient (Wildman–Crippen LogP) is 2.99. The van der Waals surface area contributed by atoms with Crippen LogP contribution in [0.3, 0.4) is 0 Å². The molecule has 0 heterocycles. The Labute approximate surface area is 77.1 Å². The Balaban J connectivity index is -0.000000175. The number of nitrogens with one attached hydrogen (secondary N) is 1. The van der Waals surface area contributed by atoms with E-state index in [2.05, 4.69) is 23.5 Å². The van der Waals surface area contributed by atoms with Gasteiger partial charge in [0.25, 0.3) is 0 Å². The van der Waals surface area contributed by atoms with Gasteiger partial charge >= 0.3 is 0 Å². The topological polar surface area (TPSA) is 24.4 Å². The Morgan fingerprint density at radius 1 is 1.17 bits per heavy atom. The summed E-state index contributed by atoms with van der Waals surface area (Å²) in [4.78, 5) is 3.81. The van der Waals surface area contributed by atoms with Crippen LogP contribution in [-0.4, -0.2) is 12.9 Å². The number of hydrogen-bond donors (Lipinski definition) is 1. The van der Waals surface area contributed by atoms with Crippen LogP contribution in [0.1, 0.15) is 27.7 Å². The molecule has 0 radical (unpaired) electrons. The van der Waals surface area contributed by atoms with Gasteiger partial charge in [-0.3, -0.25) is 4.99 Å². The number of rotatable bonds is 2. The predicted molar refractivity (Wildman–Crippen MR) is 59.6 cm³/mol. The monoisotopic (exact) mass is 170 g/mol. The van der Waals surface area contributed by atoms with Crippen LogP contribution in [-0.2, 0) is 0 Å². The summed E-state index contributed by atoms with van der Waals surface area (Å²) in [6.07, 6.45) is 3.19. The van der Waals surface area contributed by atoms with Crippen molar-refractivity contribution in [3.63, 3.8) is 0 Å². The summed E-state index contributed by atoms with van der Waals surface area (Å²) in [7, 11) is 1.69. The Bertz CT molecular complexity index is 115.